The lowest BCUT2D eigenvalue weighted by atomic mass is 9.79. The van der Waals surface area contributed by atoms with E-state index in [-0.39, 0.29) is 0 Å². The van der Waals surface area contributed by atoms with Crippen LogP contribution in [0.2, 0.25) is 0 Å². The largest absolute Gasteiger partial charge is 0.307 e. The summed E-state index contributed by atoms with van der Waals surface area (Å²) in [5, 5.41) is 8.42. The third-order valence-corrected chi connectivity index (χ3v) is 6.41. The van der Waals surface area contributed by atoms with E-state index in [1.165, 1.54) is 43.4 Å². The van der Waals surface area contributed by atoms with Gasteiger partial charge >= 0.3 is 0 Å². The number of fused-ring (bicyclic) bond motifs is 5. The molecule has 1 N–H and O–H groups in total. The fourth-order valence-corrected chi connectivity index (χ4v) is 5.71. The van der Waals surface area contributed by atoms with Crippen molar-refractivity contribution in [3.63, 3.8) is 0 Å². The van der Waals surface area contributed by atoms with Crippen LogP contribution >= 0.6 is 0 Å². The van der Waals surface area contributed by atoms with E-state index >= 15 is 0 Å². The second-order valence-electron chi connectivity index (χ2n) is 7.49. The van der Waals surface area contributed by atoms with Gasteiger partial charge in [-0.2, -0.15) is 5.10 Å². The molecular weight excluding hydrogens is 246 g/mol. The third-order valence-electron chi connectivity index (χ3n) is 6.41. The molecule has 110 valence electrons. The van der Waals surface area contributed by atoms with Crippen LogP contribution in [0, 0.1) is 30.6 Å². The number of aromatic nitrogens is 2. The Bertz CT molecular complexity index is 506. The van der Waals surface area contributed by atoms with E-state index in [0.29, 0.717) is 6.04 Å². The lowest BCUT2D eigenvalue weighted by molar-refractivity contribution is 0.200. The quantitative estimate of drug-likeness (QED) is 0.916. The molecule has 1 heterocycles. The maximum Gasteiger partial charge on any atom is 0.0641 e. The van der Waals surface area contributed by atoms with Crippen molar-refractivity contribution in [1.82, 2.24) is 15.1 Å². The molecule has 6 unspecified atom stereocenters. The Morgan fingerprint density at radius 3 is 2.80 bits per heavy atom. The number of nitrogens with zero attached hydrogens (tertiary/aromatic N) is 2. The minimum Gasteiger partial charge on any atom is -0.307 e. The first-order valence-electron chi connectivity index (χ1n) is 8.39. The summed E-state index contributed by atoms with van der Waals surface area (Å²) < 4.78 is 1.94. The summed E-state index contributed by atoms with van der Waals surface area (Å²) in [5.41, 5.74) is 2.55. The Kier molecular flexibility index (Phi) is 2.95. The van der Waals surface area contributed by atoms with Gasteiger partial charge in [0.25, 0.3) is 0 Å². The molecule has 0 radical (unpaired) electrons. The van der Waals surface area contributed by atoms with E-state index in [4.69, 9.17) is 0 Å². The summed E-state index contributed by atoms with van der Waals surface area (Å²) in [6.07, 6.45) is 9.63. The smallest absolute Gasteiger partial charge is 0.0641 e. The molecule has 0 aromatic carbocycles. The highest BCUT2D eigenvalue weighted by atomic mass is 15.3. The molecule has 1 aromatic heterocycles. The Morgan fingerprint density at radius 1 is 1.25 bits per heavy atom. The van der Waals surface area contributed by atoms with Crippen molar-refractivity contribution in [3.05, 3.63) is 17.5 Å². The molecule has 3 nitrogen and oxygen atoms in total. The fraction of sp³-hybridized carbons (Fsp3) is 0.824. The van der Waals surface area contributed by atoms with Crippen LogP contribution in [0.15, 0.2) is 6.20 Å². The van der Waals surface area contributed by atoms with Crippen molar-refractivity contribution in [2.24, 2.45) is 30.7 Å². The van der Waals surface area contributed by atoms with Crippen molar-refractivity contribution in [2.45, 2.75) is 58.0 Å². The summed E-state index contributed by atoms with van der Waals surface area (Å²) in [6, 6.07) is 1.20. The first-order chi connectivity index (χ1) is 9.63. The zero-order chi connectivity index (χ0) is 13.9. The Balaban J connectivity index is 1.46. The Hall–Kier alpha value is -0.830. The highest BCUT2D eigenvalue weighted by Crippen LogP contribution is 2.58. The maximum atomic E-state index is 4.48. The molecule has 1 aromatic rings. The molecular formula is C17H27N3. The number of hydrogen-bond donors (Lipinski definition) is 1. The minimum absolute atomic E-state index is 0.438. The van der Waals surface area contributed by atoms with E-state index in [2.05, 4.69) is 30.5 Å². The summed E-state index contributed by atoms with van der Waals surface area (Å²) in [6.45, 7) is 4.43. The van der Waals surface area contributed by atoms with E-state index < -0.39 is 0 Å². The predicted octanol–water partition coefficient (Wildman–Crippen LogP) is 3.20. The molecule has 3 heteroatoms. The second kappa shape index (κ2) is 4.59. The lowest BCUT2D eigenvalue weighted by Gasteiger charge is -2.34. The van der Waals surface area contributed by atoms with Gasteiger partial charge in [0.05, 0.1) is 5.69 Å². The molecule has 3 saturated carbocycles. The standard InChI is InChI=1S/C17H27N3/c1-10(16-9-20(3)19-11(16)2)18-17-8-12-7-15(17)14-6-4-5-13(12)14/h9-10,12-15,17-18H,4-8H2,1-3H3. The zero-order valence-electron chi connectivity index (χ0n) is 13.0. The average Bonchev–Trinajstić information content (AvgIpc) is 3.09. The van der Waals surface area contributed by atoms with Crippen molar-refractivity contribution < 1.29 is 0 Å². The van der Waals surface area contributed by atoms with Crippen LogP contribution in [0.3, 0.4) is 0 Å². The molecule has 4 rings (SSSR count). The molecule has 6 atom stereocenters. The monoisotopic (exact) mass is 273 g/mol. The van der Waals surface area contributed by atoms with Crippen LogP contribution < -0.4 is 5.32 Å². The van der Waals surface area contributed by atoms with Crippen LogP contribution in [-0.4, -0.2) is 15.8 Å². The summed E-state index contributed by atoms with van der Waals surface area (Å²) in [4.78, 5) is 0. The van der Waals surface area contributed by atoms with Gasteiger partial charge in [-0.3, -0.25) is 4.68 Å². The van der Waals surface area contributed by atoms with Crippen LogP contribution in [0.5, 0.6) is 0 Å². The minimum atomic E-state index is 0.438. The highest BCUT2D eigenvalue weighted by Gasteiger charge is 2.53. The molecule has 0 spiro atoms. The molecule has 3 aliphatic carbocycles. The first kappa shape index (κ1) is 12.9. The van der Waals surface area contributed by atoms with E-state index in [9.17, 15) is 0 Å². The molecule has 0 saturated heterocycles. The van der Waals surface area contributed by atoms with Crippen molar-refractivity contribution in [1.29, 1.82) is 0 Å². The first-order valence-corrected chi connectivity index (χ1v) is 8.39. The average molecular weight is 273 g/mol. The van der Waals surface area contributed by atoms with E-state index in [0.717, 1.165) is 29.7 Å². The van der Waals surface area contributed by atoms with Crippen LogP contribution in [0.4, 0.5) is 0 Å². The van der Waals surface area contributed by atoms with Gasteiger partial charge in [-0.05, 0) is 63.2 Å². The summed E-state index contributed by atoms with van der Waals surface area (Å²) in [5.74, 6) is 4.14. The molecule has 0 aliphatic heterocycles. The Labute approximate surface area is 122 Å². The summed E-state index contributed by atoms with van der Waals surface area (Å²) >= 11 is 0. The third kappa shape index (κ3) is 1.86. The SMILES string of the molecule is Cc1nn(C)cc1C(C)NC1CC2CC1C1CCCC21. The number of hydrogen-bond acceptors (Lipinski definition) is 2. The van der Waals surface area contributed by atoms with E-state index in [1.54, 1.807) is 0 Å². The van der Waals surface area contributed by atoms with Gasteiger partial charge in [0.2, 0.25) is 0 Å². The normalized spacial score (nSPS) is 40.2. The molecule has 3 fully saturated rings. The molecule has 0 amide bonds. The molecule has 3 aliphatic rings. The number of rotatable bonds is 3. The van der Waals surface area contributed by atoms with Crippen LogP contribution in [0.1, 0.15) is 56.3 Å². The number of nitrogens with one attached hydrogen (secondary N) is 1. The topological polar surface area (TPSA) is 29.9 Å². The highest BCUT2D eigenvalue weighted by molar-refractivity contribution is 5.20. The van der Waals surface area contributed by atoms with Gasteiger partial charge in [0, 0.05) is 30.9 Å². The van der Waals surface area contributed by atoms with Gasteiger partial charge in [0.15, 0.2) is 0 Å². The lowest BCUT2D eigenvalue weighted by Crippen LogP contribution is -2.40. The molecule has 20 heavy (non-hydrogen) atoms. The van der Waals surface area contributed by atoms with Crippen LogP contribution in [-0.2, 0) is 7.05 Å². The fourth-order valence-electron chi connectivity index (χ4n) is 5.71. The Morgan fingerprint density at radius 2 is 2.05 bits per heavy atom. The van der Waals surface area contributed by atoms with Crippen molar-refractivity contribution >= 4 is 0 Å². The van der Waals surface area contributed by atoms with Crippen molar-refractivity contribution in [2.75, 3.05) is 0 Å². The number of aryl methyl sites for hydroxylation is 2. The van der Waals surface area contributed by atoms with Crippen LogP contribution in [0.25, 0.3) is 0 Å². The zero-order valence-corrected chi connectivity index (χ0v) is 13.0. The van der Waals surface area contributed by atoms with Crippen molar-refractivity contribution in [3.8, 4) is 0 Å². The maximum absolute atomic E-state index is 4.48. The van der Waals surface area contributed by atoms with Gasteiger partial charge in [0.1, 0.15) is 0 Å². The molecule has 2 bridgehead atoms. The predicted molar refractivity (Wildman–Crippen MR) is 80.3 cm³/mol. The van der Waals surface area contributed by atoms with Gasteiger partial charge in [-0.15, -0.1) is 0 Å². The van der Waals surface area contributed by atoms with E-state index in [1.807, 2.05) is 11.7 Å². The van der Waals surface area contributed by atoms with Gasteiger partial charge in [-0.1, -0.05) is 6.42 Å². The van der Waals surface area contributed by atoms with Gasteiger partial charge in [-0.25, -0.2) is 0 Å². The second-order valence-corrected chi connectivity index (χ2v) is 7.49. The summed E-state index contributed by atoms with van der Waals surface area (Å²) in [7, 11) is 2.02. The van der Waals surface area contributed by atoms with Gasteiger partial charge < -0.3 is 5.32 Å².